The fraction of sp³-hybridized carbons (Fsp3) is 0.174. The highest BCUT2D eigenvalue weighted by Crippen LogP contribution is 2.23. The Bertz CT molecular complexity index is 817. The molecule has 0 heterocycles. The van der Waals surface area contributed by atoms with Gasteiger partial charge in [-0.25, -0.2) is 0 Å². The molecule has 0 bridgehead atoms. The molecule has 0 saturated carbocycles. The summed E-state index contributed by atoms with van der Waals surface area (Å²) in [6.07, 6.45) is 0. The zero-order valence-corrected chi connectivity index (χ0v) is 15.7. The van der Waals surface area contributed by atoms with Gasteiger partial charge in [0.2, 0.25) is 0 Å². The van der Waals surface area contributed by atoms with Crippen molar-refractivity contribution in [3.05, 3.63) is 89.5 Å². The van der Waals surface area contributed by atoms with Gasteiger partial charge in [-0.1, -0.05) is 31.5 Å². The first-order valence-electron chi connectivity index (χ1n) is 8.69. The van der Waals surface area contributed by atoms with E-state index in [4.69, 9.17) is 9.47 Å². The maximum Gasteiger partial charge on any atom is 0.193 e. The van der Waals surface area contributed by atoms with E-state index >= 15 is 0 Å². The Morgan fingerprint density at radius 2 is 1.04 bits per heavy atom. The molecule has 0 atom stereocenters. The molecule has 0 amide bonds. The average molecular weight is 348 g/mol. The molecule has 0 N–H and O–H groups in total. The summed E-state index contributed by atoms with van der Waals surface area (Å²) in [7, 11) is 1.60. The molecule has 3 aromatic carbocycles. The van der Waals surface area contributed by atoms with Gasteiger partial charge in [0.25, 0.3) is 0 Å². The largest absolute Gasteiger partial charge is 0.497 e. The molecule has 26 heavy (non-hydrogen) atoms. The van der Waals surface area contributed by atoms with Crippen LogP contribution in [0.4, 0.5) is 0 Å². The summed E-state index contributed by atoms with van der Waals surface area (Å²) in [5, 5.41) is 0. The standard InChI is InChI=1S/C21H18O3.C2H6/c1-15-3-9-19(10-4-15)24-20-13-7-17(8-14-20)21(22)16-5-11-18(23-2)12-6-16;1-2/h3-14H,1-2H3;1-2H3. The number of benzene rings is 3. The predicted molar refractivity (Wildman–Crippen MR) is 105 cm³/mol. The molecule has 0 aliphatic rings. The summed E-state index contributed by atoms with van der Waals surface area (Å²) in [4.78, 5) is 12.5. The first-order valence-corrected chi connectivity index (χ1v) is 8.69. The molecule has 3 rings (SSSR count). The van der Waals surface area contributed by atoms with E-state index < -0.39 is 0 Å². The van der Waals surface area contributed by atoms with Crippen LogP contribution in [-0.4, -0.2) is 12.9 Å². The Labute approximate surface area is 155 Å². The maximum atomic E-state index is 12.5. The van der Waals surface area contributed by atoms with Gasteiger partial charge in [-0.05, 0) is 67.6 Å². The van der Waals surface area contributed by atoms with Crippen LogP contribution < -0.4 is 9.47 Å². The van der Waals surface area contributed by atoms with Crippen LogP contribution in [0.1, 0.15) is 35.3 Å². The lowest BCUT2D eigenvalue weighted by Crippen LogP contribution is -2.01. The summed E-state index contributed by atoms with van der Waals surface area (Å²) in [5.74, 6) is 2.17. The summed E-state index contributed by atoms with van der Waals surface area (Å²) in [6, 6.07) is 22.1. The van der Waals surface area contributed by atoms with Gasteiger partial charge < -0.3 is 9.47 Å². The van der Waals surface area contributed by atoms with Crippen LogP contribution in [0, 0.1) is 6.92 Å². The van der Waals surface area contributed by atoms with E-state index in [0.717, 1.165) is 11.5 Å². The van der Waals surface area contributed by atoms with E-state index in [1.165, 1.54) is 5.56 Å². The Morgan fingerprint density at radius 1 is 0.654 bits per heavy atom. The zero-order valence-electron chi connectivity index (χ0n) is 15.7. The molecule has 0 aliphatic carbocycles. The molecule has 0 aromatic heterocycles. The van der Waals surface area contributed by atoms with E-state index in [-0.39, 0.29) is 5.78 Å². The first-order chi connectivity index (χ1) is 12.7. The van der Waals surface area contributed by atoms with E-state index in [2.05, 4.69) is 0 Å². The minimum Gasteiger partial charge on any atom is -0.497 e. The first kappa shape index (κ1) is 19.3. The van der Waals surface area contributed by atoms with Crippen LogP contribution in [0.2, 0.25) is 0 Å². The monoisotopic (exact) mass is 348 g/mol. The van der Waals surface area contributed by atoms with Crippen LogP contribution in [0.3, 0.4) is 0 Å². The van der Waals surface area contributed by atoms with Crippen molar-refractivity contribution < 1.29 is 14.3 Å². The number of methoxy groups -OCH3 is 1. The highest BCUT2D eigenvalue weighted by atomic mass is 16.5. The second-order valence-electron chi connectivity index (χ2n) is 5.50. The second-order valence-corrected chi connectivity index (χ2v) is 5.50. The molecular weight excluding hydrogens is 324 g/mol. The Kier molecular flexibility index (Phi) is 6.98. The highest BCUT2D eigenvalue weighted by molar-refractivity contribution is 6.09. The van der Waals surface area contributed by atoms with Crippen LogP contribution in [0.5, 0.6) is 17.2 Å². The van der Waals surface area contributed by atoms with Crippen LogP contribution in [0.15, 0.2) is 72.8 Å². The Morgan fingerprint density at radius 3 is 1.46 bits per heavy atom. The van der Waals surface area contributed by atoms with Crippen molar-refractivity contribution in [1.82, 2.24) is 0 Å². The molecule has 0 saturated heterocycles. The van der Waals surface area contributed by atoms with Crippen molar-refractivity contribution in [1.29, 1.82) is 0 Å². The van der Waals surface area contributed by atoms with E-state index in [1.54, 1.807) is 55.6 Å². The van der Waals surface area contributed by atoms with Crippen molar-refractivity contribution in [3.63, 3.8) is 0 Å². The molecule has 0 unspecified atom stereocenters. The van der Waals surface area contributed by atoms with Crippen LogP contribution in [-0.2, 0) is 0 Å². The van der Waals surface area contributed by atoms with Gasteiger partial charge in [0, 0.05) is 11.1 Å². The molecule has 0 aliphatic heterocycles. The number of hydrogen-bond acceptors (Lipinski definition) is 3. The molecule has 134 valence electrons. The summed E-state index contributed by atoms with van der Waals surface area (Å²) in [5.41, 5.74) is 2.43. The van der Waals surface area contributed by atoms with E-state index in [9.17, 15) is 4.79 Å². The van der Waals surface area contributed by atoms with Gasteiger partial charge in [-0.2, -0.15) is 0 Å². The lowest BCUT2D eigenvalue weighted by atomic mass is 10.0. The normalized spacial score (nSPS) is 9.69. The van der Waals surface area contributed by atoms with Crippen LogP contribution >= 0.6 is 0 Å². The van der Waals surface area contributed by atoms with E-state index in [1.807, 2.05) is 45.0 Å². The van der Waals surface area contributed by atoms with Gasteiger partial charge >= 0.3 is 0 Å². The average Bonchev–Trinajstić information content (AvgIpc) is 2.71. The van der Waals surface area contributed by atoms with Crippen LogP contribution in [0.25, 0.3) is 0 Å². The third-order valence-corrected chi connectivity index (χ3v) is 3.73. The van der Waals surface area contributed by atoms with E-state index in [0.29, 0.717) is 16.9 Å². The minimum absolute atomic E-state index is 0.0282. The molecule has 3 heteroatoms. The highest BCUT2D eigenvalue weighted by Gasteiger charge is 2.09. The fourth-order valence-electron chi connectivity index (χ4n) is 2.33. The number of carbonyl (C=O) groups is 1. The molecular formula is C23H24O3. The van der Waals surface area contributed by atoms with Gasteiger partial charge in [0.05, 0.1) is 7.11 Å². The lowest BCUT2D eigenvalue weighted by molar-refractivity contribution is 0.103. The molecule has 0 spiro atoms. The molecule has 0 radical (unpaired) electrons. The number of ketones is 1. The third-order valence-electron chi connectivity index (χ3n) is 3.73. The second kappa shape index (κ2) is 9.42. The maximum absolute atomic E-state index is 12.5. The Balaban J connectivity index is 0.00000117. The molecule has 3 aromatic rings. The zero-order chi connectivity index (χ0) is 18.9. The van der Waals surface area contributed by atoms with Gasteiger partial charge in [-0.15, -0.1) is 0 Å². The number of ether oxygens (including phenoxy) is 2. The molecule has 0 fully saturated rings. The topological polar surface area (TPSA) is 35.5 Å². The summed E-state index contributed by atoms with van der Waals surface area (Å²) in [6.45, 7) is 6.03. The summed E-state index contributed by atoms with van der Waals surface area (Å²) >= 11 is 0. The lowest BCUT2D eigenvalue weighted by Gasteiger charge is -2.07. The van der Waals surface area contributed by atoms with Crippen molar-refractivity contribution in [2.45, 2.75) is 20.8 Å². The van der Waals surface area contributed by atoms with Crippen molar-refractivity contribution in [2.75, 3.05) is 7.11 Å². The number of hydrogen-bond donors (Lipinski definition) is 0. The molecule has 3 nitrogen and oxygen atoms in total. The number of aryl methyl sites for hydroxylation is 1. The summed E-state index contributed by atoms with van der Waals surface area (Å²) < 4.78 is 10.9. The van der Waals surface area contributed by atoms with Gasteiger partial charge in [-0.3, -0.25) is 4.79 Å². The Hall–Kier alpha value is -3.07. The van der Waals surface area contributed by atoms with Gasteiger partial charge in [0.15, 0.2) is 5.78 Å². The number of carbonyl (C=O) groups excluding carboxylic acids is 1. The SMILES string of the molecule is CC.COc1ccc(C(=O)c2ccc(Oc3ccc(C)cc3)cc2)cc1. The fourth-order valence-corrected chi connectivity index (χ4v) is 2.33. The predicted octanol–water partition coefficient (Wildman–Crippen LogP) is 6.05. The van der Waals surface area contributed by atoms with Gasteiger partial charge in [0.1, 0.15) is 17.2 Å². The minimum atomic E-state index is -0.0282. The smallest absolute Gasteiger partial charge is 0.193 e. The quantitative estimate of drug-likeness (QED) is 0.526. The van der Waals surface area contributed by atoms with Crippen molar-refractivity contribution in [3.8, 4) is 17.2 Å². The van der Waals surface area contributed by atoms with Crippen molar-refractivity contribution in [2.24, 2.45) is 0 Å². The third kappa shape index (κ3) is 4.96. The van der Waals surface area contributed by atoms with Crippen molar-refractivity contribution >= 4 is 5.78 Å². The number of rotatable bonds is 5.